The van der Waals surface area contributed by atoms with Crippen molar-refractivity contribution in [3.05, 3.63) is 0 Å². The monoisotopic (exact) mass is 238 g/mol. The molecule has 0 aromatic carbocycles. The molecule has 0 radical (unpaired) electrons. The van der Waals surface area contributed by atoms with Crippen molar-refractivity contribution < 1.29 is 19.0 Å². The topological polar surface area (TPSA) is 44.8 Å². The second-order valence-corrected chi connectivity index (χ2v) is 5.85. The van der Waals surface area contributed by atoms with Gasteiger partial charge in [-0.3, -0.25) is 4.79 Å². The third-order valence-corrected chi connectivity index (χ3v) is 4.70. The molecule has 4 atom stereocenters. The van der Waals surface area contributed by atoms with Crippen LogP contribution in [0.3, 0.4) is 0 Å². The Morgan fingerprint density at radius 3 is 2.59 bits per heavy atom. The molecule has 4 nitrogen and oxygen atoms in total. The highest BCUT2D eigenvalue weighted by atomic mass is 16.8. The summed E-state index contributed by atoms with van der Waals surface area (Å²) in [4.78, 5) is 11.5. The number of rotatable bonds is 0. The van der Waals surface area contributed by atoms with Crippen molar-refractivity contribution >= 4 is 5.97 Å². The molecule has 2 heterocycles. The molecule has 94 valence electrons. The molecule has 2 saturated heterocycles. The Hall–Kier alpha value is -0.610. The van der Waals surface area contributed by atoms with Gasteiger partial charge < -0.3 is 14.2 Å². The molecule has 2 aliphatic heterocycles. The minimum atomic E-state index is -0.343. The summed E-state index contributed by atoms with van der Waals surface area (Å²) in [5, 5.41) is 0. The van der Waals surface area contributed by atoms with Gasteiger partial charge in [-0.15, -0.1) is 0 Å². The molecule has 4 aliphatic rings. The second kappa shape index (κ2) is 3.45. The van der Waals surface area contributed by atoms with E-state index in [1.807, 2.05) is 0 Å². The zero-order chi connectivity index (χ0) is 11.5. The van der Waals surface area contributed by atoms with Gasteiger partial charge in [0.15, 0.2) is 5.79 Å². The zero-order valence-electron chi connectivity index (χ0n) is 9.89. The Labute approximate surface area is 101 Å². The van der Waals surface area contributed by atoms with Gasteiger partial charge in [0.05, 0.1) is 12.0 Å². The van der Waals surface area contributed by atoms with Crippen molar-refractivity contribution in [2.45, 2.75) is 69.0 Å². The van der Waals surface area contributed by atoms with Gasteiger partial charge in [-0.25, -0.2) is 0 Å². The van der Waals surface area contributed by atoms with Crippen LogP contribution < -0.4 is 0 Å². The Kier molecular flexibility index (Phi) is 2.10. The van der Waals surface area contributed by atoms with Crippen LogP contribution in [0, 0.1) is 5.92 Å². The summed E-state index contributed by atoms with van der Waals surface area (Å²) in [7, 11) is 0. The van der Waals surface area contributed by atoms with Crippen molar-refractivity contribution in [1.29, 1.82) is 0 Å². The first-order valence-electron chi connectivity index (χ1n) is 6.82. The summed E-state index contributed by atoms with van der Waals surface area (Å²) < 4.78 is 17.7. The fourth-order valence-electron chi connectivity index (χ4n) is 3.86. The van der Waals surface area contributed by atoms with E-state index >= 15 is 0 Å². The van der Waals surface area contributed by atoms with Gasteiger partial charge >= 0.3 is 5.97 Å². The lowest BCUT2D eigenvalue weighted by atomic mass is 9.86. The molecule has 0 aromatic heterocycles. The van der Waals surface area contributed by atoms with Crippen LogP contribution in [0.1, 0.15) is 44.9 Å². The van der Waals surface area contributed by atoms with Gasteiger partial charge in [0.2, 0.25) is 0 Å². The Morgan fingerprint density at radius 1 is 1.00 bits per heavy atom. The summed E-state index contributed by atoms with van der Waals surface area (Å²) in [5.41, 5.74) is 0. The minimum absolute atomic E-state index is 0.00389. The van der Waals surface area contributed by atoms with E-state index in [1.165, 1.54) is 19.3 Å². The second-order valence-electron chi connectivity index (χ2n) is 5.85. The van der Waals surface area contributed by atoms with Gasteiger partial charge in [-0.2, -0.15) is 0 Å². The quantitative estimate of drug-likeness (QED) is 0.603. The molecule has 4 fully saturated rings. The normalized spacial score (nSPS) is 46.9. The summed E-state index contributed by atoms with van der Waals surface area (Å²) in [5.74, 6) is -0.331. The van der Waals surface area contributed by atoms with Crippen molar-refractivity contribution in [1.82, 2.24) is 0 Å². The lowest BCUT2D eigenvalue weighted by Gasteiger charge is -2.32. The van der Waals surface area contributed by atoms with Crippen LogP contribution >= 0.6 is 0 Å². The molecule has 0 unspecified atom stereocenters. The molecule has 4 heteroatoms. The number of hydrogen-bond donors (Lipinski definition) is 0. The molecule has 0 N–H and O–H groups in total. The van der Waals surface area contributed by atoms with Crippen molar-refractivity contribution in [3.63, 3.8) is 0 Å². The van der Waals surface area contributed by atoms with Crippen LogP contribution in [0.4, 0.5) is 0 Å². The van der Waals surface area contributed by atoms with Crippen molar-refractivity contribution in [3.8, 4) is 0 Å². The molecule has 4 rings (SSSR count). The Bertz CT molecular complexity index is 347. The Balaban J connectivity index is 1.56. The van der Waals surface area contributed by atoms with E-state index < -0.39 is 0 Å². The summed E-state index contributed by atoms with van der Waals surface area (Å²) >= 11 is 0. The molecule has 1 spiro atoms. The first-order valence-corrected chi connectivity index (χ1v) is 6.82. The van der Waals surface area contributed by atoms with Gasteiger partial charge in [0.1, 0.15) is 12.2 Å². The third-order valence-electron chi connectivity index (χ3n) is 4.70. The van der Waals surface area contributed by atoms with E-state index in [9.17, 15) is 4.79 Å². The third kappa shape index (κ3) is 1.47. The fourth-order valence-corrected chi connectivity index (χ4v) is 3.86. The van der Waals surface area contributed by atoms with Gasteiger partial charge in [-0.1, -0.05) is 6.42 Å². The molecule has 17 heavy (non-hydrogen) atoms. The molecule has 0 aromatic rings. The standard InChI is InChI=1S/C13H18O4/c14-12-8-6-9(15-12)11-10(7-8)16-13(17-11)4-2-1-3-5-13/h8-11H,1-7H2/t8-,9+,10+,11-/m0/s1. The van der Waals surface area contributed by atoms with Gasteiger partial charge in [0, 0.05) is 19.3 Å². The average Bonchev–Trinajstić information content (AvgIpc) is 2.82. The van der Waals surface area contributed by atoms with E-state index in [0.717, 1.165) is 25.7 Å². The number of fused-ring (bicyclic) bond motifs is 4. The van der Waals surface area contributed by atoms with E-state index in [4.69, 9.17) is 14.2 Å². The van der Waals surface area contributed by atoms with Gasteiger partial charge in [-0.05, 0) is 19.3 Å². The molecular weight excluding hydrogens is 220 g/mol. The number of carbonyl (C=O) groups is 1. The van der Waals surface area contributed by atoms with E-state index in [2.05, 4.69) is 0 Å². The highest BCUT2D eigenvalue weighted by molar-refractivity contribution is 5.75. The van der Waals surface area contributed by atoms with Crippen LogP contribution in [0.2, 0.25) is 0 Å². The largest absolute Gasteiger partial charge is 0.459 e. The molecule has 2 aliphatic carbocycles. The number of carbonyl (C=O) groups excluding carboxylic acids is 1. The zero-order valence-corrected chi connectivity index (χ0v) is 9.89. The highest BCUT2D eigenvalue weighted by Crippen LogP contribution is 2.48. The van der Waals surface area contributed by atoms with Crippen LogP contribution in [-0.4, -0.2) is 30.1 Å². The minimum Gasteiger partial charge on any atom is -0.459 e. The molecule has 2 bridgehead atoms. The number of hydrogen-bond acceptors (Lipinski definition) is 4. The average molecular weight is 238 g/mol. The SMILES string of the molecule is O=C1O[C@@H]2C[C@H]1C[C@H]1OC3(CCCCC3)O[C@@H]21. The Morgan fingerprint density at radius 2 is 1.76 bits per heavy atom. The first kappa shape index (κ1) is 10.3. The maximum absolute atomic E-state index is 11.5. The summed E-state index contributed by atoms with van der Waals surface area (Å²) in [6.45, 7) is 0. The van der Waals surface area contributed by atoms with Crippen molar-refractivity contribution in [2.24, 2.45) is 5.92 Å². The van der Waals surface area contributed by atoms with E-state index in [-0.39, 0.29) is 36.0 Å². The maximum atomic E-state index is 11.5. The predicted molar refractivity (Wildman–Crippen MR) is 58.2 cm³/mol. The number of esters is 1. The smallest absolute Gasteiger partial charge is 0.309 e. The van der Waals surface area contributed by atoms with E-state index in [1.54, 1.807) is 0 Å². The van der Waals surface area contributed by atoms with Crippen molar-refractivity contribution in [2.75, 3.05) is 0 Å². The predicted octanol–water partition coefficient (Wildman–Crippen LogP) is 1.77. The maximum Gasteiger partial charge on any atom is 0.309 e. The highest BCUT2D eigenvalue weighted by Gasteiger charge is 2.58. The van der Waals surface area contributed by atoms with Crippen LogP contribution in [-0.2, 0) is 19.0 Å². The van der Waals surface area contributed by atoms with Gasteiger partial charge in [0.25, 0.3) is 0 Å². The van der Waals surface area contributed by atoms with Crippen LogP contribution in [0.25, 0.3) is 0 Å². The number of ether oxygens (including phenoxy) is 3. The van der Waals surface area contributed by atoms with Crippen LogP contribution in [0.5, 0.6) is 0 Å². The lowest BCUT2D eigenvalue weighted by Crippen LogP contribution is -2.39. The molecule has 0 amide bonds. The summed E-state index contributed by atoms with van der Waals surface area (Å²) in [6, 6.07) is 0. The molecular formula is C13H18O4. The molecule has 2 saturated carbocycles. The first-order chi connectivity index (χ1) is 8.26. The van der Waals surface area contributed by atoms with Crippen LogP contribution in [0.15, 0.2) is 0 Å². The fraction of sp³-hybridized carbons (Fsp3) is 0.923. The lowest BCUT2D eigenvalue weighted by molar-refractivity contribution is -0.202. The summed E-state index contributed by atoms with van der Waals surface area (Å²) in [6.07, 6.45) is 7.33. The van der Waals surface area contributed by atoms with E-state index in [0.29, 0.717) is 0 Å².